The van der Waals surface area contributed by atoms with Gasteiger partial charge in [0.05, 0.1) is 0 Å². The number of carbonyl (C=O) groups is 2. The Kier molecular flexibility index (Phi) is 2.68. The molecule has 0 aromatic rings. The number of hydrogen-bond acceptors (Lipinski definition) is 4. The summed E-state index contributed by atoms with van der Waals surface area (Å²) < 4.78 is 8.12. The Bertz CT molecular complexity index is 154. The third-order valence-electron chi connectivity index (χ3n) is 0.666. The Morgan fingerprint density at radius 3 is 1.55 bits per heavy atom. The largest absolute Gasteiger partial charge is 0.509 e. The normalized spacial score (nSPS) is 10.4. The van der Waals surface area contributed by atoms with Gasteiger partial charge in [0.1, 0.15) is 0 Å². The number of ether oxygens (including phenoxy) is 2. The molecule has 0 heterocycles. The molecule has 0 amide bonds. The maximum absolute atomic E-state index is 9.90. The van der Waals surface area contributed by atoms with Crippen LogP contribution in [-0.2, 0) is 9.47 Å². The van der Waals surface area contributed by atoms with E-state index in [1.54, 1.807) is 0 Å². The third kappa shape index (κ3) is 5.01. The van der Waals surface area contributed by atoms with Crippen LogP contribution < -0.4 is 0 Å². The van der Waals surface area contributed by atoms with Gasteiger partial charge in [-0.1, -0.05) is 0 Å². The summed E-state index contributed by atoms with van der Waals surface area (Å²) >= 11 is 0. The van der Waals surface area contributed by atoms with E-state index in [-0.39, 0.29) is 0 Å². The lowest BCUT2D eigenvalue weighted by molar-refractivity contribution is -0.156. The average molecular weight is 164 g/mol. The first-order valence-corrected chi connectivity index (χ1v) is 2.67. The summed E-state index contributed by atoms with van der Waals surface area (Å²) in [7, 11) is 0. The fourth-order valence-corrected chi connectivity index (χ4v) is 0.441. The van der Waals surface area contributed by atoms with Gasteiger partial charge in [0, 0.05) is 13.8 Å². The van der Waals surface area contributed by atoms with Crippen LogP contribution in [0, 0.1) is 0 Å². The van der Waals surface area contributed by atoms with Crippen LogP contribution in [-0.4, -0.2) is 28.3 Å². The molecule has 0 radical (unpaired) electrons. The van der Waals surface area contributed by atoms with Crippen molar-refractivity contribution in [1.82, 2.24) is 0 Å². The summed E-state index contributed by atoms with van der Waals surface area (Å²) in [6, 6.07) is 0. The summed E-state index contributed by atoms with van der Waals surface area (Å²) in [6.45, 7) is 2.35. The van der Waals surface area contributed by atoms with Gasteiger partial charge in [-0.15, -0.1) is 0 Å². The van der Waals surface area contributed by atoms with Gasteiger partial charge >= 0.3 is 12.3 Å². The van der Waals surface area contributed by atoms with Crippen LogP contribution in [0.1, 0.15) is 13.8 Å². The lowest BCUT2D eigenvalue weighted by atomic mass is 10.4. The van der Waals surface area contributed by atoms with Crippen molar-refractivity contribution in [1.29, 1.82) is 0 Å². The molecule has 0 rings (SSSR count). The van der Waals surface area contributed by atoms with Crippen molar-refractivity contribution in [2.24, 2.45) is 0 Å². The topological polar surface area (TPSA) is 93.1 Å². The van der Waals surface area contributed by atoms with Crippen LogP contribution in [0.3, 0.4) is 0 Å². The van der Waals surface area contributed by atoms with E-state index in [1.165, 1.54) is 13.8 Å². The summed E-state index contributed by atoms with van der Waals surface area (Å²) in [5.41, 5.74) is 0. The molecule has 6 nitrogen and oxygen atoms in total. The molecule has 64 valence electrons. The highest BCUT2D eigenvalue weighted by atomic mass is 16.8. The quantitative estimate of drug-likeness (QED) is 0.469. The highest BCUT2D eigenvalue weighted by Crippen LogP contribution is 2.10. The van der Waals surface area contributed by atoms with Gasteiger partial charge in [-0.05, 0) is 0 Å². The summed E-state index contributed by atoms with van der Waals surface area (Å²) in [6.07, 6.45) is -3.17. The zero-order valence-electron chi connectivity index (χ0n) is 6.03. The first-order chi connectivity index (χ1) is 4.83. The maximum Gasteiger partial charge on any atom is 0.509 e. The van der Waals surface area contributed by atoms with Gasteiger partial charge < -0.3 is 19.7 Å². The zero-order chi connectivity index (χ0) is 9.07. The van der Waals surface area contributed by atoms with Crippen molar-refractivity contribution in [3.8, 4) is 0 Å². The minimum atomic E-state index is -1.66. The Hall–Kier alpha value is -1.46. The second-order valence-electron chi connectivity index (χ2n) is 2.14. The molecule has 0 bridgehead atoms. The van der Waals surface area contributed by atoms with Gasteiger partial charge in [-0.25, -0.2) is 9.59 Å². The molecular weight excluding hydrogens is 156 g/mol. The van der Waals surface area contributed by atoms with E-state index in [0.717, 1.165) is 0 Å². The van der Waals surface area contributed by atoms with Gasteiger partial charge in [-0.3, -0.25) is 0 Å². The summed E-state index contributed by atoms with van der Waals surface area (Å²) in [4.78, 5) is 19.8. The van der Waals surface area contributed by atoms with E-state index < -0.39 is 18.1 Å². The standard InChI is InChI=1S/C5H8O6/c1-5(2,10-3(6)7)11-4(8)9/h1-2H3,(H,6,7)(H,8,9). The zero-order valence-corrected chi connectivity index (χ0v) is 6.03. The van der Waals surface area contributed by atoms with Crippen LogP contribution in [0.25, 0.3) is 0 Å². The minimum Gasteiger partial charge on any atom is -0.450 e. The fourth-order valence-electron chi connectivity index (χ4n) is 0.441. The van der Waals surface area contributed by atoms with Crippen LogP contribution >= 0.6 is 0 Å². The minimum absolute atomic E-state index is 1.18. The molecule has 11 heavy (non-hydrogen) atoms. The Morgan fingerprint density at radius 2 is 1.36 bits per heavy atom. The average Bonchev–Trinajstić information content (AvgIpc) is 1.53. The number of rotatable bonds is 2. The monoisotopic (exact) mass is 164 g/mol. The molecule has 0 spiro atoms. The van der Waals surface area contributed by atoms with E-state index in [0.29, 0.717) is 0 Å². The van der Waals surface area contributed by atoms with Crippen molar-refractivity contribution in [2.75, 3.05) is 0 Å². The molecule has 6 heteroatoms. The first kappa shape index (κ1) is 9.54. The highest BCUT2D eigenvalue weighted by molar-refractivity contribution is 5.59. The molecule has 0 aromatic heterocycles. The molecule has 0 aliphatic heterocycles. The number of hydrogen-bond donors (Lipinski definition) is 2. The van der Waals surface area contributed by atoms with Gasteiger partial charge in [0.25, 0.3) is 5.79 Å². The van der Waals surface area contributed by atoms with Crippen LogP contribution in [0.4, 0.5) is 9.59 Å². The molecule has 0 aromatic carbocycles. The van der Waals surface area contributed by atoms with Gasteiger partial charge in [0.2, 0.25) is 0 Å². The molecule has 0 saturated carbocycles. The maximum atomic E-state index is 9.90. The fraction of sp³-hybridized carbons (Fsp3) is 0.600. The second-order valence-corrected chi connectivity index (χ2v) is 2.14. The Morgan fingerprint density at radius 1 is 1.09 bits per heavy atom. The summed E-state index contributed by atoms with van der Waals surface area (Å²) in [5, 5.41) is 16.1. The molecule has 0 aliphatic rings. The number of carboxylic acid groups (broad SMARTS) is 2. The molecule has 0 fully saturated rings. The highest BCUT2D eigenvalue weighted by Gasteiger charge is 2.26. The van der Waals surface area contributed by atoms with Crippen molar-refractivity contribution in [3.63, 3.8) is 0 Å². The van der Waals surface area contributed by atoms with Gasteiger partial charge in [0.15, 0.2) is 0 Å². The Balaban J connectivity index is 3.99. The lowest BCUT2D eigenvalue weighted by Crippen LogP contribution is -2.32. The van der Waals surface area contributed by atoms with Crippen LogP contribution in [0.15, 0.2) is 0 Å². The molecular formula is C5H8O6. The smallest absolute Gasteiger partial charge is 0.450 e. The van der Waals surface area contributed by atoms with Gasteiger partial charge in [-0.2, -0.15) is 0 Å². The molecule has 0 unspecified atom stereocenters. The van der Waals surface area contributed by atoms with E-state index in [1.807, 2.05) is 0 Å². The molecule has 0 atom stereocenters. The van der Waals surface area contributed by atoms with Crippen molar-refractivity contribution in [3.05, 3.63) is 0 Å². The van der Waals surface area contributed by atoms with Crippen molar-refractivity contribution < 1.29 is 29.3 Å². The predicted molar refractivity (Wildman–Crippen MR) is 32.3 cm³/mol. The predicted octanol–water partition coefficient (Wildman–Crippen LogP) is 1.11. The van der Waals surface area contributed by atoms with Crippen molar-refractivity contribution in [2.45, 2.75) is 19.6 Å². The SMILES string of the molecule is CC(C)(OC(=O)O)OC(=O)O. The van der Waals surface area contributed by atoms with Crippen LogP contribution in [0.5, 0.6) is 0 Å². The van der Waals surface area contributed by atoms with E-state index in [4.69, 9.17) is 10.2 Å². The molecule has 2 N–H and O–H groups in total. The Labute approximate surface area is 62.3 Å². The van der Waals surface area contributed by atoms with E-state index >= 15 is 0 Å². The van der Waals surface area contributed by atoms with Crippen LogP contribution in [0.2, 0.25) is 0 Å². The first-order valence-electron chi connectivity index (χ1n) is 2.67. The van der Waals surface area contributed by atoms with E-state index in [9.17, 15) is 9.59 Å². The lowest BCUT2D eigenvalue weighted by Gasteiger charge is -2.20. The van der Waals surface area contributed by atoms with Crippen molar-refractivity contribution >= 4 is 12.3 Å². The molecule has 0 saturated heterocycles. The second kappa shape index (κ2) is 3.09. The molecule has 0 aliphatic carbocycles. The van der Waals surface area contributed by atoms with E-state index in [2.05, 4.69) is 9.47 Å². The third-order valence-corrected chi connectivity index (χ3v) is 0.666. The summed E-state index contributed by atoms with van der Waals surface area (Å²) in [5.74, 6) is -1.66.